The first kappa shape index (κ1) is 22.1. The highest BCUT2D eigenvalue weighted by Crippen LogP contribution is 2.27. The van der Waals surface area contributed by atoms with Crippen LogP contribution in [0.2, 0.25) is 0 Å². The molecule has 0 saturated heterocycles. The van der Waals surface area contributed by atoms with Crippen molar-refractivity contribution in [1.29, 1.82) is 0 Å². The number of aromatic carboxylic acids is 1. The van der Waals surface area contributed by atoms with E-state index in [1.54, 1.807) is 25.6 Å². The number of rotatable bonds is 6. The van der Waals surface area contributed by atoms with Gasteiger partial charge in [0.2, 0.25) is 0 Å². The summed E-state index contributed by atoms with van der Waals surface area (Å²) in [5, 5.41) is 9.52. The molecule has 1 aromatic heterocycles. The summed E-state index contributed by atoms with van der Waals surface area (Å²) in [5.74, 6) is -1.59. The summed E-state index contributed by atoms with van der Waals surface area (Å²) in [6.07, 6.45) is 1.86. The lowest BCUT2D eigenvalue weighted by molar-refractivity contribution is -0.146. The van der Waals surface area contributed by atoms with Crippen molar-refractivity contribution in [3.05, 3.63) is 82.9 Å². The van der Waals surface area contributed by atoms with E-state index in [1.165, 1.54) is 24.1 Å². The number of methoxy groups -OCH3 is 2. The normalized spacial score (nSPS) is 15.0. The van der Waals surface area contributed by atoms with Crippen LogP contribution in [0.5, 0.6) is 5.75 Å². The Hall–Kier alpha value is -4.14. The number of ether oxygens (including phenoxy) is 2. The van der Waals surface area contributed by atoms with E-state index in [0.29, 0.717) is 12.2 Å². The second kappa shape index (κ2) is 9.15. The predicted molar refractivity (Wildman–Crippen MR) is 117 cm³/mol. The molecule has 0 aliphatic carbocycles. The average molecular weight is 449 g/mol. The molecule has 1 aliphatic rings. The monoisotopic (exact) mass is 449 g/mol. The minimum atomic E-state index is -1.21. The van der Waals surface area contributed by atoms with Crippen molar-refractivity contribution >= 4 is 17.8 Å². The molecule has 3 aromatic rings. The highest BCUT2D eigenvalue weighted by molar-refractivity contribution is 6.05. The fourth-order valence-electron chi connectivity index (χ4n) is 4.00. The van der Waals surface area contributed by atoms with Crippen molar-refractivity contribution in [2.24, 2.45) is 0 Å². The van der Waals surface area contributed by atoms with Gasteiger partial charge in [0.05, 0.1) is 49.6 Å². The van der Waals surface area contributed by atoms with Gasteiger partial charge in [-0.3, -0.25) is 4.79 Å². The molecular weight excluding hydrogens is 426 g/mol. The summed E-state index contributed by atoms with van der Waals surface area (Å²) in [7, 11) is 2.86. The van der Waals surface area contributed by atoms with Crippen LogP contribution < -0.4 is 4.74 Å². The molecule has 1 atom stereocenters. The summed E-state index contributed by atoms with van der Waals surface area (Å²) < 4.78 is 12.1. The van der Waals surface area contributed by atoms with Gasteiger partial charge < -0.3 is 24.0 Å². The molecule has 33 heavy (non-hydrogen) atoms. The fraction of sp³-hybridized carbons (Fsp3) is 0.250. The summed E-state index contributed by atoms with van der Waals surface area (Å²) in [6, 6.07) is 12.7. The van der Waals surface area contributed by atoms with E-state index in [1.807, 2.05) is 28.8 Å². The van der Waals surface area contributed by atoms with Gasteiger partial charge in [-0.2, -0.15) is 0 Å². The molecule has 170 valence electrons. The van der Waals surface area contributed by atoms with E-state index in [0.717, 1.165) is 17.0 Å². The number of aromatic nitrogens is 2. The number of hydrogen-bond acceptors (Lipinski definition) is 6. The van der Waals surface area contributed by atoms with E-state index < -0.39 is 23.9 Å². The van der Waals surface area contributed by atoms with Gasteiger partial charge in [0.1, 0.15) is 11.8 Å². The topological polar surface area (TPSA) is 111 Å². The van der Waals surface area contributed by atoms with Crippen molar-refractivity contribution in [2.75, 3.05) is 14.2 Å². The van der Waals surface area contributed by atoms with Gasteiger partial charge in [-0.15, -0.1) is 0 Å². The van der Waals surface area contributed by atoms with Crippen molar-refractivity contribution < 1.29 is 29.0 Å². The minimum Gasteiger partial charge on any atom is -0.497 e. The maximum atomic E-state index is 13.4. The summed E-state index contributed by atoms with van der Waals surface area (Å²) in [5.41, 5.74) is 2.40. The molecule has 9 heteroatoms. The van der Waals surface area contributed by atoms with E-state index in [9.17, 15) is 19.5 Å². The highest BCUT2D eigenvalue weighted by Gasteiger charge is 2.38. The molecular formula is C24H23N3O6. The van der Waals surface area contributed by atoms with Gasteiger partial charge in [-0.25, -0.2) is 14.6 Å². The maximum absolute atomic E-state index is 13.4. The maximum Gasteiger partial charge on any atom is 0.336 e. The number of carbonyl (C=O) groups is 3. The number of carboxylic acid groups (broad SMARTS) is 1. The number of carbonyl (C=O) groups excluding carboxylic acids is 2. The molecule has 0 saturated carbocycles. The predicted octanol–water partition coefficient (Wildman–Crippen LogP) is 2.38. The number of amides is 1. The Kier molecular flexibility index (Phi) is 6.12. The number of hydrogen-bond donors (Lipinski definition) is 1. The van der Waals surface area contributed by atoms with E-state index >= 15 is 0 Å². The minimum absolute atomic E-state index is 0.0172. The van der Waals surface area contributed by atoms with Gasteiger partial charge in [-0.1, -0.05) is 24.3 Å². The summed E-state index contributed by atoms with van der Waals surface area (Å²) >= 11 is 0. The van der Waals surface area contributed by atoms with Crippen molar-refractivity contribution in [2.45, 2.75) is 25.6 Å². The molecule has 0 fully saturated rings. The molecule has 0 spiro atoms. The first-order valence-corrected chi connectivity index (χ1v) is 10.3. The van der Waals surface area contributed by atoms with E-state index in [2.05, 4.69) is 4.98 Å². The third-order valence-electron chi connectivity index (χ3n) is 5.75. The third-order valence-corrected chi connectivity index (χ3v) is 5.75. The van der Waals surface area contributed by atoms with Gasteiger partial charge in [-0.05, 0) is 29.8 Å². The van der Waals surface area contributed by atoms with Crippen LogP contribution in [-0.2, 0) is 29.0 Å². The largest absolute Gasteiger partial charge is 0.497 e. The number of imidazole rings is 1. The van der Waals surface area contributed by atoms with Crippen LogP contribution >= 0.6 is 0 Å². The smallest absolute Gasteiger partial charge is 0.336 e. The van der Waals surface area contributed by atoms with Crippen LogP contribution in [-0.4, -0.2) is 57.7 Å². The van der Waals surface area contributed by atoms with E-state index in [4.69, 9.17) is 9.47 Å². The van der Waals surface area contributed by atoms with Crippen LogP contribution in [0, 0.1) is 0 Å². The fourth-order valence-corrected chi connectivity index (χ4v) is 4.00. The second-order valence-corrected chi connectivity index (χ2v) is 7.64. The van der Waals surface area contributed by atoms with Crippen molar-refractivity contribution in [3.63, 3.8) is 0 Å². The van der Waals surface area contributed by atoms with E-state index in [-0.39, 0.29) is 24.1 Å². The first-order chi connectivity index (χ1) is 15.9. The molecule has 4 rings (SSSR count). The Morgan fingerprint density at radius 2 is 1.76 bits per heavy atom. The zero-order valence-electron chi connectivity index (χ0n) is 18.2. The SMILES string of the molecule is COC(=O)[C@@H]1Cc2ncn(Cc3ccc(OC)cc3)c2CN1C(=O)c1ccccc1C(=O)O. The van der Waals surface area contributed by atoms with Gasteiger partial charge in [0.25, 0.3) is 5.91 Å². The average Bonchev–Trinajstić information content (AvgIpc) is 3.24. The Morgan fingerprint density at radius 3 is 2.39 bits per heavy atom. The number of carboxylic acids is 1. The number of nitrogens with zero attached hydrogens (tertiary/aromatic N) is 3. The van der Waals surface area contributed by atoms with Gasteiger partial charge in [0.15, 0.2) is 0 Å². The lowest BCUT2D eigenvalue weighted by Crippen LogP contribution is -2.49. The molecule has 1 N–H and O–H groups in total. The molecule has 1 amide bonds. The number of fused-ring (bicyclic) bond motifs is 1. The van der Waals surface area contributed by atoms with Crippen LogP contribution in [0.1, 0.15) is 37.7 Å². The Balaban J connectivity index is 1.68. The zero-order chi connectivity index (χ0) is 23.5. The zero-order valence-corrected chi connectivity index (χ0v) is 18.2. The Labute approximate surface area is 190 Å². The standard InChI is InChI=1S/C24H23N3O6/c1-32-16-9-7-15(8-10-16)12-26-14-25-19-11-20(24(31)33-2)27(13-21(19)26)22(28)17-5-3-4-6-18(17)23(29)30/h3-10,14,20H,11-13H2,1-2H3,(H,29,30)/t20-/m0/s1. The van der Waals surface area contributed by atoms with Crippen LogP contribution in [0.3, 0.4) is 0 Å². The van der Waals surface area contributed by atoms with Crippen LogP contribution in [0.15, 0.2) is 54.9 Å². The van der Waals surface area contributed by atoms with Crippen molar-refractivity contribution in [3.8, 4) is 5.75 Å². The number of benzene rings is 2. The summed E-state index contributed by atoms with van der Waals surface area (Å²) in [4.78, 5) is 43.4. The number of esters is 1. The first-order valence-electron chi connectivity index (χ1n) is 10.3. The molecule has 9 nitrogen and oxygen atoms in total. The Bertz CT molecular complexity index is 1200. The molecule has 0 bridgehead atoms. The lowest BCUT2D eigenvalue weighted by Gasteiger charge is -2.34. The molecule has 0 unspecified atom stereocenters. The molecule has 2 aromatic carbocycles. The van der Waals surface area contributed by atoms with Gasteiger partial charge in [0, 0.05) is 13.0 Å². The third kappa shape index (κ3) is 4.30. The summed E-state index contributed by atoms with van der Waals surface area (Å²) in [6.45, 7) is 0.612. The molecule has 0 radical (unpaired) electrons. The second-order valence-electron chi connectivity index (χ2n) is 7.64. The molecule has 2 heterocycles. The quantitative estimate of drug-likeness (QED) is 0.575. The Morgan fingerprint density at radius 1 is 1.06 bits per heavy atom. The highest BCUT2D eigenvalue weighted by atomic mass is 16.5. The van der Waals surface area contributed by atoms with Crippen LogP contribution in [0.4, 0.5) is 0 Å². The van der Waals surface area contributed by atoms with Crippen LogP contribution in [0.25, 0.3) is 0 Å². The lowest BCUT2D eigenvalue weighted by atomic mass is 9.99. The molecule has 1 aliphatic heterocycles. The van der Waals surface area contributed by atoms with Crippen molar-refractivity contribution in [1.82, 2.24) is 14.5 Å². The van der Waals surface area contributed by atoms with Gasteiger partial charge >= 0.3 is 11.9 Å².